The van der Waals surface area contributed by atoms with Crippen molar-refractivity contribution in [2.75, 3.05) is 20.3 Å². The molecule has 0 saturated heterocycles. The molecular weight excluding hydrogens is 286 g/mol. The molecular formula is C17H28ClNO2. The number of benzene rings is 1. The molecule has 0 aliphatic rings. The third-order valence-corrected chi connectivity index (χ3v) is 4.27. The number of nitrogens with one attached hydrogen (secondary N) is 1. The molecule has 1 N–H and O–H groups in total. The van der Waals surface area contributed by atoms with Gasteiger partial charge in [0.25, 0.3) is 0 Å². The largest absolute Gasteiger partial charge is 0.496 e. The predicted octanol–water partition coefficient (Wildman–Crippen LogP) is 4.07. The Labute approximate surface area is 134 Å². The van der Waals surface area contributed by atoms with Gasteiger partial charge in [-0.2, -0.15) is 0 Å². The fraction of sp³-hybridized carbons (Fsp3) is 0.647. The van der Waals surface area contributed by atoms with Crippen molar-refractivity contribution >= 4 is 11.6 Å². The number of likely N-dealkylation sites (N-methyl/N-ethyl adjacent to an activating group) is 1. The molecule has 0 radical (unpaired) electrons. The molecule has 0 amide bonds. The second kappa shape index (κ2) is 8.62. The van der Waals surface area contributed by atoms with Crippen LogP contribution in [-0.4, -0.2) is 31.9 Å². The average molecular weight is 314 g/mol. The standard InChI is InChI=1S/C17H28ClNO2/c1-6-17(4,21-8-3)16(19-7-2)12-13-11-14(18)9-10-15(13)20-5/h9-11,16,19H,6-8,12H2,1-5H3. The zero-order valence-electron chi connectivity index (χ0n) is 13.8. The maximum Gasteiger partial charge on any atom is 0.122 e. The van der Waals surface area contributed by atoms with Gasteiger partial charge in [0.15, 0.2) is 0 Å². The second-order valence-electron chi connectivity index (χ2n) is 5.37. The Morgan fingerprint density at radius 3 is 2.52 bits per heavy atom. The van der Waals surface area contributed by atoms with Crippen molar-refractivity contribution in [3.63, 3.8) is 0 Å². The third-order valence-electron chi connectivity index (χ3n) is 4.03. The highest BCUT2D eigenvalue weighted by Crippen LogP contribution is 2.29. The van der Waals surface area contributed by atoms with E-state index in [9.17, 15) is 0 Å². The lowest BCUT2D eigenvalue weighted by Gasteiger charge is -2.37. The zero-order chi connectivity index (χ0) is 15.9. The topological polar surface area (TPSA) is 30.5 Å². The van der Waals surface area contributed by atoms with Crippen LogP contribution in [0.1, 0.15) is 39.7 Å². The lowest BCUT2D eigenvalue weighted by atomic mass is 9.87. The summed E-state index contributed by atoms with van der Waals surface area (Å²) in [6.07, 6.45) is 1.77. The van der Waals surface area contributed by atoms with Crippen molar-refractivity contribution in [2.45, 2.75) is 52.2 Å². The van der Waals surface area contributed by atoms with E-state index in [1.165, 1.54) is 0 Å². The first-order chi connectivity index (χ1) is 10.0. The van der Waals surface area contributed by atoms with Gasteiger partial charge in [-0.05, 0) is 57.0 Å². The molecule has 1 aromatic rings. The first-order valence-electron chi connectivity index (χ1n) is 7.70. The molecule has 4 heteroatoms. The summed E-state index contributed by atoms with van der Waals surface area (Å²) in [7, 11) is 1.69. The van der Waals surface area contributed by atoms with Crippen molar-refractivity contribution in [2.24, 2.45) is 0 Å². The Kier molecular flexibility index (Phi) is 7.50. The second-order valence-corrected chi connectivity index (χ2v) is 5.81. The highest BCUT2D eigenvalue weighted by molar-refractivity contribution is 6.30. The summed E-state index contributed by atoms with van der Waals surface area (Å²) < 4.78 is 11.5. The molecule has 2 unspecified atom stereocenters. The molecule has 0 fully saturated rings. The van der Waals surface area contributed by atoms with Crippen molar-refractivity contribution in [1.29, 1.82) is 0 Å². The van der Waals surface area contributed by atoms with E-state index in [2.05, 4.69) is 26.1 Å². The van der Waals surface area contributed by atoms with Crippen molar-refractivity contribution in [3.8, 4) is 5.75 Å². The van der Waals surface area contributed by atoms with Crippen molar-refractivity contribution < 1.29 is 9.47 Å². The number of hydrogen-bond acceptors (Lipinski definition) is 3. The van der Waals surface area contributed by atoms with Crippen LogP contribution in [0.2, 0.25) is 5.02 Å². The van der Waals surface area contributed by atoms with Crippen molar-refractivity contribution in [1.82, 2.24) is 5.32 Å². The Morgan fingerprint density at radius 2 is 2.00 bits per heavy atom. The molecule has 120 valence electrons. The molecule has 0 spiro atoms. The third kappa shape index (κ3) is 4.87. The molecule has 0 aliphatic carbocycles. The summed E-state index contributed by atoms with van der Waals surface area (Å²) in [5.41, 5.74) is 0.897. The quantitative estimate of drug-likeness (QED) is 0.745. The highest BCUT2D eigenvalue weighted by atomic mass is 35.5. The van der Waals surface area contributed by atoms with E-state index in [0.29, 0.717) is 6.61 Å². The Morgan fingerprint density at radius 1 is 1.29 bits per heavy atom. The van der Waals surface area contributed by atoms with E-state index in [0.717, 1.165) is 35.7 Å². The fourth-order valence-electron chi connectivity index (χ4n) is 2.66. The van der Waals surface area contributed by atoms with Gasteiger partial charge in [-0.15, -0.1) is 0 Å². The van der Waals surface area contributed by atoms with Crippen LogP contribution in [-0.2, 0) is 11.2 Å². The van der Waals surface area contributed by atoms with Crippen LogP contribution in [0.25, 0.3) is 0 Å². The summed E-state index contributed by atoms with van der Waals surface area (Å²) >= 11 is 6.14. The Hall–Kier alpha value is -0.770. The average Bonchev–Trinajstić information content (AvgIpc) is 2.47. The van der Waals surface area contributed by atoms with Gasteiger partial charge in [0, 0.05) is 17.7 Å². The molecule has 21 heavy (non-hydrogen) atoms. The number of ether oxygens (including phenoxy) is 2. The summed E-state index contributed by atoms with van der Waals surface area (Å²) in [4.78, 5) is 0. The smallest absolute Gasteiger partial charge is 0.122 e. The molecule has 0 aliphatic heterocycles. The maximum atomic E-state index is 6.14. The predicted molar refractivity (Wildman–Crippen MR) is 89.5 cm³/mol. The molecule has 0 saturated carbocycles. The number of hydrogen-bond donors (Lipinski definition) is 1. The Balaban J connectivity index is 3.04. The van der Waals surface area contributed by atoms with Crippen LogP contribution in [0.3, 0.4) is 0 Å². The van der Waals surface area contributed by atoms with E-state index in [-0.39, 0.29) is 11.6 Å². The number of methoxy groups -OCH3 is 1. The maximum absolute atomic E-state index is 6.14. The van der Waals surface area contributed by atoms with Gasteiger partial charge in [0.2, 0.25) is 0 Å². The summed E-state index contributed by atoms with van der Waals surface area (Å²) in [5, 5.41) is 4.29. The molecule has 0 aromatic heterocycles. The SMILES string of the molecule is CCNC(Cc1cc(Cl)ccc1OC)C(C)(CC)OCC. The molecule has 1 aromatic carbocycles. The van der Waals surface area contributed by atoms with Crippen LogP contribution < -0.4 is 10.1 Å². The van der Waals surface area contributed by atoms with E-state index in [4.69, 9.17) is 21.1 Å². The van der Waals surface area contributed by atoms with Gasteiger partial charge >= 0.3 is 0 Å². The first kappa shape index (κ1) is 18.3. The first-order valence-corrected chi connectivity index (χ1v) is 8.08. The summed E-state index contributed by atoms with van der Waals surface area (Å²) in [6.45, 7) is 10.1. The summed E-state index contributed by atoms with van der Waals surface area (Å²) in [5.74, 6) is 0.872. The summed E-state index contributed by atoms with van der Waals surface area (Å²) in [6, 6.07) is 5.96. The molecule has 0 heterocycles. The van der Waals surface area contributed by atoms with E-state index >= 15 is 0 Å². The normalized spacial score (nSPS) is 15.5. The van der Waals surface area contributed by atoms with E-state index in [1.54, 1.807) is 7.11 Å². The van der Waals surface area contributed by atoms with E-state index in [1.807, 2.05) is 25.1 Å². The molecule has 1 rings (SSSR count). The van der Waals surface area contributed by atoms with Crippen LogP contribution in [0, 0.1) is 0 Å². The van der Waals surface area contributed by atoms with Gasteiger partial charge in [-0.1, -0.05) is 25.4 Å². The fourth-order valence-corrected chi connectivity index (χ4v) is 2.85. The van der Waals surface area contributed by atoms with Crippen LogP contribution in [0.5, 0.6) is 5.75 Å². The number of rotatable bonds is 9. The van der Waals surface area contributed by atoms with E-state index < -0.39 is 0 Å². The van der Waals surface area contributed by atoms with Gasteiger partial charge in [-0.3, -0.25) is 0 Å². The lowest BCUT2D eigenvalue weighted by Crippen LogP contribution is -2.51. The van der Waals surface area contributed by atoms with Crippen LogP contribution in [0.4, 0.5) is 0 Å². The molecule has 2 atom stereocenters. The lowest BCUT2D eigenvalue weighted by molar-refractivity contribution is -0.0547. The van der Waals surface area contributed by atoms with Gasteiger partial charge in [0.05, 0.1) is 12.7 Å². The van der Waals surface area contributed by atoms with Crippen LogP contribution >= 0.6 is 11.6 Å². The minimum Gasteiger partial charge on any atom is -0.496 e. The molecule has 0 bridgehead atoms. The molecule has 3 nitrogen and oxygen atoms in total. The monoisotopic (exact) mass is 313 g/mol. The van der Waals surface area contributed by atoms with Gasteiger partial charge < -0.3 is 14.8 Å². The zero-order valence-corrected chi connectivity index (χ0v) is 14.6. The van der Waals surface area contributed by atoms with Gasteiger partial charge in [-0.25, -0.2) is 0 Å². The van der Waals surface area contributed by atoms with Crippen molar-refractivity contribution in [3.05, 3.63) is 28.8 Å². The Bertz CT molecular complexity index is 439. The minimum absolute atomic E-state index is 0.208. The number of halogens is 1. The van der Waals surface area contributed by atoms with Crippen LogP contribution in [0.15, 0.2) is 18.2 Å². The van der Waals surface area contributed by atoms with Gasteiger partial charge in [0.1, 0.15) is 5.75 Å². The highest BCUT2D eigenvalue weighted by Gasteiger charge is 2.33. The minimum atomic E-state index is -0.210.